The number of hydrogen-bond acceptors (Lipinski definition) is 2. The van der Waals surface area contributed by atoms with Gasteiger partial charge >= 0.3 is 0 Å². The highest BCUT2D eigenvalue weighted by Gasteiger charge is 2.41. The van der Waals surface area contributed by atoms with Crippen molar-refractivity contribution in [2.45, 2.75) is 57.5 Å². The molecule has 1 saturated heterocycles. The van der Waals surface area contributed by atoms with E-state index in [-0.39, 0.29) is 0 Å². The molecule has 2 heteroatoms. The van der Waals surface area contributed by atoms with Crippen LogP contribution in [0.2, 0.25) is 0 Å². The summed E-state index contributed by atoms with van der Waals surface area (Å²) in [5.74, 6) is 0. The molecule has 0 bridgehead atoms. The van der Waals surface area contributed by atoms with Crippen molar-refractivity contribution in [3.05, 3.63) is 0 Å². The van der Waals surface area contributed by atoms with E-state index in [1.165, 1.54) is 51.7 Å². The van der Waals surface area contributed by atoms with Crippen LogP contribution >= 0.6 is 0 Å². The van der Waals surface area contributed by atoms with Gasteiger partial charge in [-0.25, -0.2) is 0 Å². The monoisotopic (exact) mass is 196 g/mol. The zero-order chi connectivity index (χ0) is 10.0. The first-order valence-corrected chi connectivity index (χ1v) is 6.29. The summed E-state index contributed by atoms with van der Waals surface area (Å²) in [6, 6.07) is 0.853. The first kappa shape index (κ1) is 10.4. The minimum Gasteiger partial charge on any atom is -0.311 e. The zero-order valence-corrected chi connectivity index (χ0v) is 9.68. The van der Waals surface area contributed by atoms with E-state index in [4.69, 9.17) is 0 Å². The fourth-order valence-electron chi connectivity index (χ4n) is 3.17. The van der Waals surface area contributed by atoms with E-state index < -0.39 is 0 Å². The van der Waals surface area contributed by atoms with Gasteiger partial charge < -0.3 is 10.2 Å². The topological polar surface area (TPSA) is 15.3 Å². The average Bonchev–Trinajstić information content (AvgIpc) is 2.18. The molecule has 0 radical (unpaired) electrons. The van der Waals surface area contributed by atoms with Crippen LogP contribution in [-0.4, -0.2) is 36.1 Å². The molecule has 0 aromatic heterocycles. The van der Waals surface area contributed by atoms with Gasteiger partial charge in [-0.2, -0.15) is 0 Å². The van der Waals surface area contributed by atoms with Gasteiger partial charge in [-0.3, -0.25) is 0 Å². The van der Waals surface area contributed by atoms with Crippen LogP contribution in [0.15, 0.2) is 0 Å². The summed E-state index contributed by atoms with van der Waals surface area (Å²) >= 11 is 0. The lowest BCUT2D eigenvalue weighted by Crippen LogP contribution is -2.59. The van der Waals surface area contributed by atoms with Crippen molar-refractivity contribution in [1.29, 1.82) is 0 Å². The van der Waals surface area contributed by atoms with Gasteiger partial charge in [0.05, 0.1) is 0 Å². The second-order valence-corrected chi connectivity index (χ2v) is 4.93. The highest BCUT2D eigenvalue weighted by molar-refractivity contribution is 5.02. The van der Waals surface area contributed by atoms with E-state index in [2.05, 4.69) is 24.1 Å². The van der Waals surface area contributed by atoms with Crippen LogP contribution in [0.1, 0.15) is 46.0 Å². The van der Waals surface area contributed by atoms with Gasteiger partial charge in [-0.05, 0) is 51.7 Å². The second kappa shape index (κ2) is 4.19. The Balaban J connectivity index is 1.92. The molecular weight excluding hydrogens is 172 g/mol. The maximum Gasteiger partial charge on any atom is 0.0196 e. The Morgan fingerprint density at radius 3 is 2.50 bits per heavy atom. The third kappa shape index (κ3) is 1.82. The van der Waals surface area contributed by atoms with Crippen molar-refractivity contribution in [3.63, 3.8) is 0 Å². The van der Waals surface area contributed by atoms with E-state index in [0.29, 0.717) is 5.54 Å². The fourth-order valence-corrected chi connectivity index (χ4v) is 3.17. The third-order valence-electron chi connectivity index (χ3n) is 4.24. The molecule has 1 N–H and O–H groups in total. The molecule has 1 aliphatic heterocycles. The Morgan fingerprint density at radius 1 is 1.29 bits per heavy atom. The molecule has 2 fully saturated rings. The molecule has 14 heavy (non-hydrogen) atoms. The summed E-state index contributed by atoms with van der Waals surface area (Å²) in [6.07, 6.45) is 7.03. The van der Waals surface area contributed by atoms with Crippen molar-refractivity contribution in [3.8, 4) is 0 Å². The molecule has 2 nitrogen and oxygen atoms in total. The van der Waals surface area contributed by atoms with Gasteiger partial charge in [0, 0.05) is 11.6 Å². The van der Waals surface area contributed by atoms with Crippen molar-refractivity contribution in [2.24, 2.45) is 0 Å². The molecule has 0 aromatic carbocycles. The highest BCUT2D eigenvalue weighted by atomic mass is 15.2. The van der Waals surface area contributed by atoms with Crippen molar-refractivity contribution in [1.82, 2.24) is 10.2 Å². The van der Waals surface area contributed by atoms with E-state index in [9.17, 15) is 0 Å². The summed E-state index contributed by atoms with van der Waals surface area (Å²) in [5.41, 5.74) is 0.561. The molecule has 1 aliphatic carbocycles. The minimum atomic E-state index is 0.561. The van der Waals surface area contributed by atoms with E-state index >= 15 is 0 Å². The molecule has 1 spiro atoms. The van der Waals surface area contributed by atoms with Gasteiger partial charge in [0.2, 0.25) is 0 Å². The van der Waals surface area contributed by atoms with Gasteiger partial charge in [0.25, 0.3) is 0 Å². The molecule has 1 saturated carbocycles. The van der Waals surface area contributed by atoms with Crippen molar-refractivity contribution in [2.75, 3.05) is 19.6 Å². The highest BCUT2D eigenvalue weighted by Crippen LogP contribution is 2.39. The lowest BCUT2D eigenvalue weighted by molar-refractivity contribution is 0.0663. The molecular formula is C12H24N2. The molecule has 1 unspecified atom stereocenters. The Kier molecular flexibility index (Phi) is 3.13. The molecule has 1 atom stereocenters. The van der Waals surface area contributed by atoms with E-state index in [1.807, 2.05) is 0 Å². The van der Waals surface area contributed by atoms with Gasteiger partial charge in [0.1, 0.15) is 0 Å². The smallest absolute Gasteiger partial charge is 0.0196 e. The van der Waals surface area contributed by atoms with Crippen LogP contribution in [0, 0.1) is 0 Å². The summed E-state index contributed by atoms with van der Waals surface area (Å²) in [6.45, 7) is 8.26. The van der Waals surface area contributed by atoms with Crippen LogP contribution in [0.4, 0.5) is 0 Å². The predicted octanol–water partition coefficient (Wildman–Crippen LogP) is 2.00. The molecule has 82 valence electrons. The third-order valence-corrected chi connectivity index (χ3v) is 4.24. The lowest BCUT2D eigenvalue weighted by atomic mass is 9.70. The molecule has 2 aliphatic rings. The van der Waals surface area contributed by atoms with Gasteiger partial charge in [-0.15, -0.1) is 0 Å². The Labute approximate surface area is 88.1 Å². The predicted molar refractivity (Wildman–Crippen MR) is 60.5 cm³/mol. The summed E-state index contributed by atoms with van der Waals surface area (Å²) in [5, 5.41) is 3.74. The van der Waals surface area contributed by atoms with Gasteiger partial charge in [-0.1, -0.05) is 13.8 Å². The fraction of sp³-hybridized carbons (Fsp3) is 1.00. The molecule has 2 rings (SSSR count). The molecule has 0 amide bonds. The molecule has 1 heterocycles. The van der Waals surface area contributed by atoms with Crippen LogP contribution in [-0.2, 0) is 0 Å². The SMILES string of the molecule is CCN(CC)C1CCNC2(CCC2)C1. The first-order chi connectivity index (χ1) is 6.79. The number of hydrogen-bond donors (Lipinski definition) is 1. The Hall–Kier alpha value is -0.0800. The van der Waals surface area contributed by atoms with Crippen molar-refractivity contribution < 1.29 is 0 Å². The van der Waals surface area contributed by atoms with E-state index in [0.717, 1.165) is 6.04 Å². The largest absolute Gasteiger partial charge is 0.311 e. The average molecular weight is 196 g/mol. The number of rotatable bonds is 3. The molecule has 0 aromatic rings. The van der Waals surface area contributed by atoms with Crippen LogP contribution < -0.4 is 5.32 Å². The maximum atomic E-state index is 3.74. The summed E-state index contributed by atoms with van der Waals surface area (Å²) in [7, 11) is 0. The maximum absolute atomic E-state index is 3.74. The zero-order valence-electron chi connectivity index (χ0n) is 9.68. The summed E-state index contributed by atoms with van der Waals surface area (Å²) < 4.78 is 0. The Morgan fingerprint density at radius 2 is 2.00 bits per heavy atom. The second-order valence-electron chi connectivity index (χ2n) is 4.93. The number of piperidine rings is 1. The van der Waals surface area contributed by atoms with Crippen molar-refractivity contribution >= 4 is 0 Å². The normalized spacial score (nSPS) is 30.6. The quantitative estimate of drug-likeness (QED) is 0.743. The van der Waals surface area contributed by atoms with Gasteiger partial charge in [0.15, 0.2) is 0 Å². The first-order valence-electron chi connectivity index (χ1n) is 6.29. The van der Waals surface area contributed by atoms with E-state index in [1.54, 1.807) is 0 Å². The van der Waals surface area contributed by atoms with Crippen LogP contribution in [0.25, 0.3) is 0 Å². The minimum absolute atomic E-state index is 0.561. The standard InChI is InChI=1S/C12H24N2/c1-3-14(4-2)11-6-9-13-12(10-11)7-5-8-12/h11,13H,3-10H2,1-2H3. The summed E-state index contributed by atoms with van der Waals surface area (Å²) in [4.78, 5) is 2.64. The lowest BCUT2D eigenvalue weighted by Gasteiger charge is -2.50. The Bertz CT molecular complexity index is 183. The number of nitrogens with one attached hydrogen (secondary N) is 1. The van der Waals surface area contributed by atoms with Crippen LogP contribution in [0.5, 0.6) is 0 Å². The van der Waals surface area contributed by atoms with Crippen LogP contribution in [0.3, 0.4) is 0 Å². The number of nitrogens with zero attached hydrogens (tertiary/aromatic N) is 1.